The number of carbonyl (C=O) groups is 1. The molecule has 0 aliphatic carbocycles. The second-order valence-corrected chi connectivity index (χ2v) is 8.94. The molecule has 0 amide bonds. The number of hydrogen-bond donors (Lipinski definition) is 2. The van der Waals surface area contributed by atoms with Gasteiger partial charge >= 0.3 is 0 Å². The molecule has 2 aliphatic rings. The lowest BCUT2D eigenvalue weighted by atomic mass is 9.63. The van der Waals surface area contributed by atoms with Crippen molar-refractivity contribution in [3.05, 3.63) is 99.5 Å². The molecule has 0 aromatic heterocycles. The first-order valence-corrected chi connectivity index (χ1v) is 10.6. The maximum Gasteiger partial charge on any atom is 0.241 e. The van der Waals surface area contributed by atoms with Crippen LogP contribution in [-0.2, 0) is 26.0 Å². The number of Topliss-reactive ketones (excluding diaryl/α,β-unsaturated/α-hetero) is 1. The summed E-state index contributed by atoms with van der Waals surface area (Å²) in [5.41, 5.74) is -0.789. The van der Waals surface area contributed by atoms with Gasteiger partial charge in [0.15, 0.2) is 5.78 Å². The van der Waals surface area contributed by atoms with Crippen LogP contribution in [0, 0.1) is 5.41 Å². The van der Waals surface area contributed by atoms with Crippen molar-refractivity contribution in [1.82, 2.24) is 0 Å². The Labute approximate surface area is 189 Å². The highest BCUT2D eigenvalue weighted by molar-refractivity contribution is 6.30. The predicted octanol–water partition coefficient (Wildman–Crippen LogP) is 5.05. The molecule has 2 atom stereocenters. The molecule has 31 heavy (non-hydrogen) atoms. The van der Waals surface area contributed by atoms with Gasteiger partial charge in [0.05, 0.1) is 0 Å². The molecular formula is C24H19Cl2NO4. The van der Waals surface area contributed by atoms with E-state index >= 15 is 0 Å². The van der Waals surface area contributed by atoms with Gasteiger partial charge in [-0.3, -0.25) is 4.79 Å². The topological polar surface area (TPSA) is 67.8 Å². The van der Waals surface area contributed by atoms with Gasteiger partial charge in [0.1, 0.15) is 5.41 Å². The van der Waals surface area contributed by atoms with Gasteiger partial charge in [-0.2, -0.15) is 4.89 Å². The Balaban J connectivity index is 1.73. The third-order valence-electron chi connectivity index (χ3n) is 6.28. The van der Waals surface area contributed by atoms with E-state index < -0.39 is 16.8 Å². The van der Waals surface area contributed by atoms with Crippen LogP contribution in [0.2, 0.25) is 10.0 Å². The van der Waals surface area contributed by atoms with E-state index in [2.05, 4.69) is 5.32 Å². The lowest BCUT2D eigenvalue weighted by Gasteiger charge is -2.54. The average molecular weight is 456 g/mol. The molecule has 7 heteroatoms. The van der Waals surface area contributed by atoms with Gasteiger partial charge < -0.3 is 10.4 Å². The van der Waals surface area contributed by atoms with Crippen molar-refractivity contribution in [3.63, 3.8) is 0 Å². The third kappa shape index (κ3) is 2.78. The summed E-state index contributed by atoms with van der Waals surface area (Å²) in [6.45, 7) is 1.84. The summed E-state index contributed by atoms with van der Waals surface area (Å²) in [5, 5.41) is 15.9. The van der Waals surface area contributed by atoms with Crippen molar-refractivity contribution in [2.45, 2.75) is 18.3 Å². The van der Waals surface area contributed by atoms with Crippen molar-refractivity contribution in [2.24, 2.45) is 5.41 Å². The molecule has 5 nitrogen and oxygen atoms in total. The number of rotatable bonds is 2. The molecule has 1 saturated heterocycles. The Morgan fingerprint density at radius 3 is 2.00 bits per heavy atom. The minimum absolute atomic E-state index is 0.158. The Hall–Kier alpha value is -2.41. The van der Waals surface area contributed by atoms with Gasteiger partial charge in [0, 0.05) is 27.8 Å². The van der Waals surface area contributed by atoms with Gasteiger partial charge in [0.25, 0.3) is 0 Å². The number of para-hydroxylation sites is 1. The SMILES string of the molecule is CC12CNc3ccccc3C1(O)OOC(c1ccc(Cl)cc1)(c1ccc(Cl)cc1)C2=O. The molecule has 0 radical (unpaired) electrons. The van der Waals surface area contributed by atoms with E-state index in [9.17, 15) is 9.90 Å². The molecule has 2 N–H and O–H groups in total. The van der Waals surface area contributed by atoms with Crippen molar-refractivity contribution in [2.75, 3.05) is 11.9 Å². The number of hydrogen-bond acceptors (Lipinski definition) is 5. The molecule has 3 aromatic rings. The van der Waals surface area contributed by atoms with Crippen LogP contribution in [0.1, 0.15) is 23.6 Å². The molecule has 158 valence electrons. The normalized spacial score (nSPS) is 26.5. The molecule has 0 bridgehead atoms. The van der Waals surface area contributed by atoms with Crippen LogP contribution in [0.5, 0.6) is 0 Å². The Bertz CT molecular complexity index is 1120. The highest BCUT2D eigenvalue weighted by Crippen LogP contribution is 2.57. The summed E-state index contributed by atoms with van der Waals surface area (Å²) in [6.07, 6.45) is 0. The van der Waals surface area contributed by atoms with Gasteiger partial charge in [-0.15, -0.1) is 0 Å². The Morgan fingerprint density at radius 2 is 1.42 bits per heavy atom. The summed E-state index contributed by atoms with van der Waals surface area (Å²) in [6, 6.07) is 20.8. The van der Waals surface area contributed by atoms with E-state index in [1.54, 1.807) is 67.6 Å². The number of halogens is 2. The maximum absolute atomic E-state index is 14.3. The highest BCUT2D eigenvalue weighted by atomic mass is 35.5. The maximum atomic E-state index is 14.3. The highest BCUT2D eigenvalue weighted by Gasteiger charge is 2.69. The fourth-order valence-electron chi connectivity index (χ4n) is 4.44. The quantitative estimate of drug-likeness (QED) is 0.529. The van der Waals surface area contributed by atoms with Crippen LogP contribution < -0.4 is 5.32 Å². The Morgan fingerprint density at radius 1 is 0.871 bits per heavy atom. The van der Waals surface area contributed by atoms with E-state index in [1.165, 1.54) is 0 Å². The first kappa shape index (κ1) is 20.5. The zero-order chi connectivity index (χ0) is 21.9. The van der Waals surface area contributed by atoms with Crippen LogP contribution in [0.4, 0.5) is 5.69 Å². The second-order valence-electron chi connectivity index (χ2n) is 8.07. The summed E-state index contributed by atoms with van der Waals surface area (Å²) in [4.78, 5) is 26.0. The van der Waals surface area contributed by atoms with Crippen LogP contribution in [0.15, 0.2) is 72.8 Å². The molecule has 5 rings (SSSR count). The number of benzene rings is 3. The van der Waals surface area contributed by atoms with Crippen LogP contribution in [0.25, 0.3) is 0 Å². The van der Waals surface area contributed by atoms with E-state index in [0.717, 1.165) is 0 Å². The van der Waals surface area contributed by atoms with Crippen LogP contribution in [-0.4, -0.2) is 17.4 Å². The number of fused-ring (bicyclic) bond motifs is 3. The van der Waals surface area contributed by atoms with E-state index in [-0.39, 0.29) is 12.3 Å². The van der Waals surface area contributed by atoms with Gasteiger partial charge in [0.2, 0.25) is 11.4 Å². The van der Waals surface area contributed by atoms with Crippen molar-refractivity contribution in [3.8, 4) is 0 Å². The fourth-order valence-corrected chi connectivity index (χ4v) is 4.69. The van der Waals surface area contributed by atoms with E-state index in [0.29, 0.717) is 32.4 Å². The largest absolute Gasteiger partial charge is 0.383 e. The minimum Gasteiger partial charge on any atom is -0.383 e. The monoisotopic (exact) mass is 455 g/mol. The lowest BCUT2D eigenvalue weighted by Crippen LogP contribution is -2.67. The molecule has 2 unspecified atom stereocenters. The number of aliphatic hydroxyl groups is 1. The molecule has 2 heterocycles. The molecule has 2 aliphatic heterocycles. The summed E-state index contributed by atoms with van der Waals surface area (Å²) >= 11 is 12.2. The molecular weight excluding hydrogens is 437 g/mol. The smallest absolute Gasteiger partial charge is 0.241 e. The standard InChI is InChI=1S/C24H19Cl2NO4/c1-22-14-27-20-5-3-2-4-19(20)24(22,29)31-30-23(21(22)28,15-6-10-17(25)11-7-15)16-8-12-18(26)13-9-16/h2-13,27,29H,14H2,1H3. The average Bonchev–Trinajstić information content (AvgIpc) is 2.78. The Kier molecular flexibility index (Phi) is 4.66. The van der Waals surface area contributed by atoms with Crippen molar-refractivity contribution >= 4 is 34.7 Å². The zero-order valence-corrected chi connectivity index (χ0v) is 18.1. The van der Waals surface area contributed by atoms with Gasteiger partial charge in [-0.25, -0.2) is 4.89 Å². The molecule has 1 fully saturated rings. The van der Waals surface area contributed by atoms with Gasteiger partial charge in [-0.05, 0) is 48.4 Å². The summed E-state index contributed by atoms with van der Waals surface area (Å²) in [5.74, 6) is -2.31. The first-order chi connectivity index (χ1) is 14.8. The molecule has 0 spiro atoms. The zero-order valence-electron chi connectivity index (χ0n) is 16.6. The van der Waals surface area contributed by atoms with E-state index in [1.807, 2.05) is 12.1 Å². The van der Waals surface area contributed by atoms with Crippen molar-refractivity contribution in [1.29, 1.82) is 0 Å². The van der Waals surface area contributed by atoms with Gasteiger partial charge in [-0.1, -0.05) is 65.7 Å². The van der Waals surface area contributed by atoms with Crippen LogP contribution >= 0.6 is 23.2 Å². The summed E-state index contributed by atoms with van der Waals surface area (Å²) < 4.78 is 0. The third-order valence-corrected chi connectivity index (χ3v) is 6.79. The lowest BCUT2D eigenvalue weighted by molar-refractivity contribution is -0.496. The summed E-state index contributed by atoms with van der Waals surface area (Å²) in [7, 11) is 0. The number of ketones is 1. The first-order valence-electron chi connectivity index (χ1n) is 9.81. The number of anilines is 1. The van der Waals surface area contributed by atoms with Crippen LogP contribution in [0.3, 0.4) is 0 Å². The molecule has 0 saturated carbocycles. The minimum atomic E-state index is -1.96. The molecule has 3 aromatic carbocycles. The fraction of sp³-hybridized carbons (Fsp3) is 0.208. The number of carbonyl (C=O) groups excluding carboxylic acids is 1. The predicted molar refractivity (Wildman–Crippen MR) is 118 cm³/mol. The number of nitrogens with one attached hydrogen (secondary N) is 1. The van der Waals surface area contributed by atoms with Crippen molar-refractivity contribution < 1.29 is 19.7 Å². The van der Waals surface area contributed by atoms with E-state index in [4.69, 9.17) is 33.0 Å². The second kappa shape index (κ2) is 7.05.